The lowest BCUT2D eigenvalue weighted by atomic mass is 10.00. The van der Waals surface area contributed by atoms with Crippen LogP contribution in [0.3, 0.4) is 0 Å². The minimum atomic E-state index is -1.02. The molecule has 0 bridgehead atoms. The molecule has 156 valence electrons. The van der Waals surface area contributed by atoms with Crippen molar-refractivity contribution in [2.24, 2.45) is 0 Å². The zero-order chi connectivity index (χ0) is 21.7. The van der Waals surface area contributed by atoms with Crippen LogP contribution in [0.2, 0.25) is 0 Å². The van der Waals surface area contributed by atoms with Gasteiger partial charge in [-0.2, -0.15) is 0 Å². The largest absolute Gasteiger partial charge is 0.481 e. The van der Waals surface area contributed by atoms with Crippen LogP contribution in [0, 0.1) is 6.92 Å². The van der Waals surface area contributed by atoms with Crippen molar-refractivity contribution in [1.82, 2.24) is 15.6 Å². The molecule has 0 aliphatic rings. The van der Waals surface area contributed by atoms with Gasteiger partial charge in [-0.05, 0) is 24.1 Å². The standard InChI is InChI=1S/C23H25N3O4/c1-14-7-9-16(10-8-14)20(12-22(28)29)26-23(30)21(25-15(2)27)11-17-13-24-19-6-4-3-5-18(17)19/h3-10,13,20-21,24H,11-12H2,1-2H3,(H,25,27)(H,26,30)(H,28,29)/t20-,21+/m1/s1. The highest BCUT2D eigenvalue weighted by atomic mass is 16.4. The first-order chi connectivity index (χ1) is 14.3. The second-order valence-electron chi connectivity index (χ2n) is 7.39. The molecule has 0 aliphatic heterocycles. The zero-order valence-electron chi connectivity index (χ0n) is 16.9. The summed E-state index contributed by atoms with van der Waals surface area (Å²) in [6.45, 7) is 3.28. The molecule has 2 atom stereocenters. The van der Waals surface area contributed by atoms with Crippen LogP contribution in [0.5, 0.6) is 0 Å². The summed E-state index contributed by atoms with van der Waals surface area (Å²) in [4.78, 5) is 39.3. The van der Waals surface area contributed by atoms with E-state index in [0.717, 1.165) is 22.0 Å². The fraction of sp³-hybridized carbons (Fsp3) is 0.261. The molecule has 7 heteroatoms. The van der Waals surface area contributed by atoms with E-state index in [9.17, 15) is 19.5 Å². The highest BCUT2D eigenvalue weighted by Gasteiger charge is 2.25. The van der Waals surface area contributed by atoms with E-state index in [-0.39, 0.29) is 18.7 Å². The van der Waals surface area contributed by atoms with Gasteiger partial charge in [0.25, 0.3) is 0 Å². The Morgan fingerprint density at radius 3 is 2.40 bits per heavy atom. The number of aryl methyl sites for hydroxylation is 1. The van der Waals surface area contributed by atoms with Crippen LogP contribution in [-0.4, -0.2) is 33.9 Å². The first kappa shape index (κ1) is 21.1. The predicted molar refractivity (Wildman–Crippen MR) is 114 cm³/mol. The maximum absolute atomic E-state index is 13.0. The van der Waals surface area contributed by atoms with Gasteiger partial charge in [0.1, 0.15) is 6.04 Å². The van der Waals surface area contributed by atoms with E-state index >= 15 is 0 Å². The Bertz CT molecular complexity index is 1060. The lowest BCUT2D eigenvalue weighted by molar-refractivity contribution is -0.138. The second-order valence-corrected chi connectivity index (χ2v) is 7.39. The number of nitrogens with one attached hydrogen (secondary N) is 3. The third kappa shape index (κ3) is 5.26. The molecule has 3 rings (SSSR count). The third-order valence-corrected chi connectivity index (χ3v) is 4.97. The molecule has 1 heterocycles. The number of carbonyl (C=O) groups excluding carboxylic acids is 2. The van der Waals surface area contributed by atoms with Gasteiger partial charge in [0, 0.05) is 30.4 Å². The highest BCUT2D eigenvalue weighted by Crippen LogP contribution is 2.21. The summed E-state index contributed by atoms with van der Waals surface area (Å²) >= 11 is 0. The van der Waals surface area contributed by atoms with E-state index in [1.807, 2.05) is 49.5 Å². The Morgan fingerprint density at radius 2 is 1.73 bits per heavy atom. The lowest BCUT2D eigenvalue weighted by Crippen LogP contribution is -2.48. The average Bonchev–Trinajstić information content (AvgIpc) is 3.10. The average molecular weight is 407 g/mol. The summed E-state index contributed by atoms with van der Waals surface area (Å²) in [5, 5.41) is 15.8. The van der Waals surface area contributed by atoms with Gasteiger partial charge >= 0.3 is 5.97 Å². The monoisotopic (exact) mass is 407 g/mol. The van der Waals surface area contributed by atoms with Crippen molar-refractivity contribution in [3.8, 4) is 0 Å². The number of carboxylic acids is 1. The van der Waals surface area contributed by atoms with Crippen LogP contribution in [0.15, 0.2) is 54.7 Å². The minimum absolute atomic E-state index is 0.255. The Hall–Kier alpha value is -3.61. The van der Waals surface area contributed by atoms with E-state index in [4.69, 9.17) is 0 Å². The summed E-state index contributed by atoms with van der Waals surface area (Å²) in [7, 11) is 0. The number of benzene rings is 2. The quantitative estimate of drug-likeness (QED) is 0.460. The van der Waals surface area contributed by atoms with E-state index in [1.54, 1.807) is 12.1 Å². The molecule has 2 amide bonds. The molecular weight excluding hydrogens is 382 g/mol. The van der Waals surface area contributed by atoms with Crippen molar-refractivity contribution in [1.29, 1.82) is 0 Å². The number of rotatable bonds is 8. The van der Waals surface area contributed by atoms with Crippen LogP contribution in [0.4, 0.5) is 0 Å². The Morgan fingerprint density at radius 1 is 1.03 bits per heavy atom. The van der Waals surface area contributed by atoms with E-state index in [2.05, 4.69) is 15.6 Å². The number of aromatic nitrogens is 1. The number of aromatic amines is 1. The minimum Gasteiger partial charge on any atom is -0.481 e. The van der Waals surface area contributed by atoms with Gasteiger partial charge < -0.3 is 20.7 Å². The number of hydrogen-bond acceptors (Lipinski definition) is 3. The smallest absolute Gasteiger partial charge is 0.305 e. The molecule has 0 spiro atoms. The Labute approximate surface area is 174 Å². The number of para-hydroxylation sites is 1. The number of fused-ring (bicyclic) bond motifs is 1. The maximum Gasteiger partial charge on any atom is 0.305 e. The molecule has 3 aromatic rings. The van der Waals surface area contributed by atoms with Crippen LogP contribution in [0.1, 0.15) is 36.1 Å². The van der Waals surface area contributed by atoms with Crippen LogP contribution in [-0.2, 0) is 20.8 Å². The number of H-pyrrole nitrogens is 1. The number of carbonyl (C=O) groups is 3. The molecule has 2 aromatic carbocycles. The van der Waals surface area contributed by atoms with Crippen molar-refractivity contribution >= 4 is 28.7 Å². The van der Waals surface area contributed by atoms with Gasteiger partial charge in [-0.1, -0.05) is 48.0 Å². The Balaban J connectivity index is 1.83. The third-order valence-electron chi connectivity index (χ3n) is 4.97. The number of amides is 2. The molecule has 0 aliphatic carbocycles. The SMILES string of the molecule is CC(=O)N[C@@H](Cc1c[nH]c2ccccc12)C(=O)N[C@H](CC(=O)O)c1ccc(C)cc1. The van der Waals surface area contributed by atoms with Gasteiger partial charge in [0.2, 0.25) is 11.8 Å². The number of hydrogen-bond donors (Lipinski definition) is 4. The summed E-state index contributed by atoms with van der Waals surface area (Å²) < 4.78 is 0. The molecule has 4 N–H and O–H groups in total. The highest BCUT2D eigenvalue weighted by molar-refractivity contribution is 5.89. The summed E-state index contributed by atoms with van der Waals surface area (Å²) in [6.07, 6.45) is 1.85. The summed E-state index contributed by atoms with van der Waals surface area (Å²) in [5.74, 6) is -1.78. The van der Waals surface area contributed by atoms with Crippen LogP contribution in [0.25, 0.3) is 10.9 Å². The molecule has 0 unspecified atom stereocenters. The van der Waals surface area contributed by atoms with Gasteiger partial charge in [-0.3, -0.25) is 14.4 Å². The molecular formula is C23H25N3O4. The Kier molecular flexibility index (Phi) is 6.51. The van der Waals surface area contributed by atoms with E-state index in [0.29, 0.717) is 5.56 Å². The van der Waals surface area contributed by atoms with Crippen molar-refractivity contribution < 1.29 is 19.5 Å². The first-order valence-corrected chi connectivity index (χ1v) is 9.74. The molecule has 1 aromatic heterocycles. The summed E-state index contributed by atoms with van der Waals surface area (Å²) in [5.41, 5.74) is 3.57. The van der Waals surface area contributed by atoms with Crippen LogP contribution < -0.4 is 10.6 Å². The van der Waals surface area contributed by atoms with E-state index in [1.165, 1.54) is 6.92 Å². The van der Waals surface area contributed by atoms with Gasteiger partial charge in [-0.25, -0.2) is 0 Å². The molecule has 7 nitrogen and oxygen atoms in total. The van der Waals surface area contributed by atoms with Gasteiger partial charge in [-0.15, -0.1) is 0 Å². The first-order valence-electron chi connectivity index (χ1n) is 9.74. The normalized spacial score (nSPS) is 12.9. The van der Waals surface area contributed by atoms with Crippen LogP contribution >= 0.6 is 0 Å². The molecule has 0 fully saturated rings. The molecule has 30 heavy (non-hydrogen) atoms. The van der Waals surface area contributed by atoms with Gasteiger partial charge in [0.15, 0.2) is 0 Å². The fourth-order valence-corrected chi connectivity index (χ4v) is 3.47. The predicted octanol–water partition coefficient (Wildman–Crippen LogP) is 2.86. The fourth-order valence-electron chi connectivity index (χ4n) is 3.47. The lowest BCUT2D eigenvalue weighted by Gasteiger charge is -2.23. The van der Waals surface area contributed by atoms with Crippen molar-refractivity contribution in [2.45, 2.75) is 38.8 Å². The number of aliphatic carboxylic acids is 1. The van der Waals surface area contributed by atoms with Gasteiger partial charge in [0.05, 0.1) is 12.5 Å². The maximum atomic E-state index is 13.0. The van der Waals surface area contributed by atoms with Crippen molar-refractivity contribution in [3.05, 3.63) is 71.4 Å². The second kappa shape index (κ2) is 9.26. The van der Waals surface area contributed by atoms with E-state index < -0.39 is 24.0 Å². The van der Waals surface area contributed by atoms with Crippen molar-refractivity contribution in [2.75, 3.05) is 0 Å². The molecule has 0 saturated heterocycles. The zero-order valence-corrected chi connectivity index (χ0v) is 16.9. The molecule has 0 radical (unpaired) electrons. The summed E-state index contributed by atoms with van der Waals surface area (Å²) in [6, 6.07) is 13.5. The molecule has 0 saturated carbocycles. The van der Waals surface area contributed by atoms with Crippen molar-refractivity contribution in [3.63, 3.8) is 0 Å². The number of carboxylic acid groups (broad SMARTS) is 1. The topological polar surface area (TPSA) is 111 Å².